The van der Waals surface area contributed by atoms with E-state index in [1.165, 1.54) is 44.4 Å². The Bertz CT molecular complexity index is 1770. The van der Waals surface area contributed by atoms with Crippen LogP contribution in [0.25, 0.3) is 6.08 Å². The lowest BCUT2D eigenvalue weighted by Crippen LogP contribution is -2.39. The third kappa shape index (κ3) is 17.5. The first-order chi connectivity index (χ1) is 28.1. The molecule has 1 fully saturated rings. The molecule has 0 radical (unpaired) electrons. The van der Waals surface area contributed by atoms with Crippen molar-refractivity contribution in [2.45, 2.75) is 89.0 Å². The van der Waals surface area contributed by atoms with Crippen molar-refractivity contribution in [2.75, 3.05) is 26.9 Å². The predicted molar refractivity (Wildman–Crippen MR) is 206 cm³/mol. The van der Waals surface area contributed by atoms with Crippen molar-refractivity contribution in [2.24, 2.45) is 11.8 Å². The number of alkyl halides is 3. The minimum Gasteiger partial charge on any atom is -0.496 e. The molecule has 0 heterocycles. The van der Waals surface area contributed by atoms with E-state index in [9.17, 15) is 53.0 Å². The van der Waals surface area contributed by atoms with Crippen LogP contribution >= 0.6 is 0 Å². The third-order valence-electron chi connectivity index (χ3n) is 9.21. The normalized spacial score (nSPS) is 19.1. The van der Waals surface area contributed by atoms with Crippen LogP contribution in [0.15, 0.2) is 72.8 Å². The van der Waals surface area contributed by atoms with Crippen molar-refractivity contribution in [3.8, 4) is 11.5 Å². The first-order valence-electron chi connectivity index (χ1n) is 19.0. The van der Waals surface area contributed by atoms with Crippen molar-refractivity contribution in [1.82, 2.24) is 5.32 Å². The van der Waals surface area contributed by atoms with Crippen molar-refractivity contribution in [3.63, 3.8) is 0 Å². The summed E-state index contributed by atoms with van der Waals surface area (Å²) < 4.78 is 60.0. The smallest absolute Gasteiger partial charge is 0.416 e. The zero-order chi connectivity index (χ0) is 43.4. The Labute approximate surface area is 339 Å². The van der Waals surface area contributed by atoms with E-state index in [4.69, 9.17) is 18.9 Å². The first-order valence-corrected chi connectivity index (χ1v) is 19.0. The van der Waals surface area contributed by atoms with E-state index in [2.05, 4.69) is 10.2 Å². The number of ether oxygens (including phenoxy) is 4. The fourth-order valence-corrected chi connectivity index (χ4v) is 6.07. The van der Waals surface area contributed by atoms with Crippen LogP contribution in [0.2, 0.25) is 0 Å². The highest BCUT2D eigenvalue weighted by Gasteiger charge is 2.39. The summed E-state index contributed by atoms with van der Waals surface area (Å²) in [5.74, 6) is -2.10. The fourth-order valence-electron chi connectivity index (χ4n) is 6.07. The Hall–Kier alpha value is -5.46. The Morgan fingerprint density at radius 2 is 1.80 bits per heavy atom. The number of hydrogen-bond acceptors (Lipinski definition) is 13. The van der Waals surface area contributed by atoms with E-state index in [-0.39, 0.29) is 56.8 Å². The van der Waals surface area contributed by atoms with Gasteiger partial charge >= 0.3 is 18.1 Å². The molecule has 3 rings (SSSR count). The second-order valence-electron chi connectivity index (χ2n) is 13.7. The highest BCUT2D eigenvalue weighted by Crippen LogP contribution is 2.36. The molecule has 1 unspecified atom stereocenters. The lowest BCUT2D eigenvalue weighted by molar-refractivity contribution is -0.757. The molecule has 2 aromatic rings. The number of allylic oxidation sites excluding steroid dienone is 2. The molecule has 4 N–H and O–H groups in total. The van der Waals surface area contributed by atoms with Gasteiger partial charge < -0.3 is 44.4 Å². The topological polar surface area (TPSA) is 213 Å². The maximum atomic E-state index is 13.0. The van der Waals surface area contributed by atoms with E-state index >= 15 is 0 Å². The third-order valence-corrected chi connectivity index (χ3v) is 9.21. The minimum atomic E-state index is -4.53. The second-order valence-corrected chi connectivity index (χ2v) is 13.7. The van der Waals surface area contributed by atoms with E-state index in [0.717, 1.165) is 12.1 Å². The number of esters is 2. The molecule has 2 aromatic carbocycles. The van der Waals surface area contributed by atoms with Gasteiger partial charge in [-0.1, -0.05) is 42.5 Å². The first kappa shape index (κ1) is 47.9. The molecule has 0 aromatic heterocycles. The van der Waals surface area contributed by atoms with E-state index in [0.29, 0.717) is 49.0 Å². The van der Waals surface area contributed by atoms with Crippen molar-refractivity contribution in [1.29, 1.82) is 0 Å². The zero-order valence-corrected chi connectivity index (χ0v) is 32.8. The molecule has 18 heteroatoms. The largest absolute Gasteiger partial charge is 0.496 e. The van der Waals surface area contributed by atoms with Crippen molar-refractivity contribution < 1.29 is 71.7 Å². The molecule has 324 valence electrons. The summed E-state index contributed by atoms with van der Waals surface area (Å²) in [7, 11) is 1.43. The predicted octanol–water partition coefficient (Wildman–Crippen LogP) is 5.28. The van der Waals surface area contributed by atoms with Gasteiger partial charge in [0, 0.05) is 30.4 Å². The van der Waals surface area contributed by atoms with Crippen LogP contribution < -0.4 is 14.8 Å². The molecular weight excluding hydrogens is 785 g/mol. The molecule has 1 aliphatic rings. The summed E-state index contributed by atoms with van der Waals surface area (Å²) in [6.45, 7) is 1.04. The van der Waals surface area contributed by atoms with Crippen LogP contribution in [-0.2, 0) is 41.5 Å². The molecule has 15 nitrogen and oxygen atoms in total. The molecule has 1 saturated carbocycles. The minimum absolute atomic E-state index is 0.0507. The number of hydrogen-bond donors (Lipinski definition) is 4. The zero-order valence-electron chi connectivity index (χ0n) is 32.8. The maximum absolute atomic E-state index is 13.0. The van der Waals surface area contributed by atoms with Gasteiger partial charge in [-0.25, -0.2) is 9.59 Å². The average Bonchev–Trinajstić information content (AvgIpc) is 3.47. The number of unbranched alkanes of at least 4 members (excludes halogenated alkanes) is 2. The number of halogens is 3. The van der Waals surface area contributed by atoms with E-state index < -0.39 is 59.0 Å². The number of nitrogens with one attached hydrogen (secondary N) is 1. The monoisotopic (exact) mass is 836 g/mol. The van der Waals surface area contributed by atoms with Gasteiger partial charge in [-0.05, 0) is 80.9 Å². The van der Waals surface area contributed by atoms with Crippen LogP contribution in [0.1, 0.15) is 68.6 Å². The molecule has 1 aliphatic carbocycles. The van der Waals surface area contributed by atoms with E-state index in [1.54, 1.807) is 24.3 Å². The number of benzene rings is 2. The number of amides is 1. The number of aliphatic hydroxyl groups is 3. The molecule has 59 heavy (non-hydrogen) atoms. The number of methoxy groups -OCH3 is 1. The van der Waals surface area contributed by atoms with Crippen molar-refractivity contribution >= 4 is 23.9 Å². The maximum Gasteiger partial charge on any atom is 0.416 e. The van der Waals surface area contributed by atoms with Gasteiger partial charge in [0.25, 0.3) is 5.09 Å². The lowest BCUT2D eigenvalue weighted by atomic mass is 9.89. The van der Waals surface area contributed by atoms with Gasteiger partial charge in [0.05, 0.1) is 38.1 Å². The van der Waals surface area contributed by atoms with Crippen LogP contribution in [-0.4, -0.2) is 89.5 Å². The summed E-state index contributed by atoms with van der Waals surface area (Å²) in [4.78, 5) is 51.4. The Kier molecular flexibility index (Phi) is 19.9. The lowest BCUT2D eigenvalue weighted by Gasteiger charge is -2.19. The van der Waals surface area contributed by atoms with Gasteiger partial charge in [-0.3, -0.25) is 4.79 Å². The summed E-state index contributed by atoms with van der Waals surface area (Å²) in [5.41, 5.74) is 0.281. The van der Waals surface area contributed by atoms with Gasteiger partial charge in [0.2, 0.25) is 5.91 Å². The SMILES string of the molecule is COc1cc(/C=C/C(=O)OCCCCO[N+](=O)[O-])ccc1COC(=O)C(C)NC(=O)CCC/C=C\C[C@@H]1[C@@H](/C=C/[C@@H](O)COc2cccc(C(F)(F)F)c2)[C@H](O)C[C@@H]1O. The van der Waals surface area contributed by atoms with Gasteiger partial charge in [0.1, 0.15) is 36.9 Å². The molecule has 6 atom stereocenters. The summed E-state index contributed by atoms with van der Waals surface area (Å²) in [6, 6.07) is 8.35. The molecule has 1 amide bonds. The van der Waals surface area contributed by atoms with Gasteiger partial charge in [0.15, 0.2) is 0 Å². The number of aliphatic hydroxyl groups excluding tert-OH is 3. The summed E-state index contributed by atoms with van der Waals surface area (Å²) in [6.07, 6.45) is 4.47. The highest BCUT2D eigenvalue weighted by atomic mass is 19.4. The quantitative estimate of drug-likeness (QED) is 0.0265. The number of nitrogens with zero attached hydrogens (tertiary/aromatic N) is 1. The van der Waals surface area contributed by atoms with E-state index in [1.807, 2.05) is 12.2 Å². The average molecular weight is 837 g/mol. The van der Waals surface area contributed by atoms with Crippen LogP contribution in [0, 0.1) is 22.0 Å². The standard InChI is InChI=1S/C41H51F3N2O13/c1-27(40(52)58-25-29-16-14-28(22-37(29)55-2)15-19-39(51)56-20-7-8-21-59-46(53)54)45-38(50)13-6-4-3-5-12-33-34(36(49)24-35(33)48)18-17-31(47)26-57-32-11-9-10-30(23-32)41(42,43)44/h3,5,9-11,14-19,22-23,27,31,33-36,47-49H,4,6-8,12-13,20-21,24-26H2,1-2H3,(H,45,50)/b5-3-,18-17+,19-15+/t27?,31-,33-,34-,35+,36-/m1/s1. The summed E-state index contributed by atoms with van der Waals surface area (Å²) >= 11 is 0. The van der Waals surface area contributed by atoms with Crippen LogP contribution in [0.4, 0.5) is 13.2 Å². The Morgan fingerprint density at radius 1 is 1.03 bits per heavy atom. The number of carbonyl (C=O) groups is 3. The van der Waals surface area contributed by atoms with Crippen molar-refractivity contribution in [3.05, 3.63) is 99.6 Å². The van der Waals surface area contributed by atoms with Crippen LogP contribution in [0.5, 0.6) is 11.5 Å². The molecule has 0 spiro atoms. The Morgan fingerprint density at radius 3 is 2.53 bits per heavy atom. The van der Waals surface area contributed by atoms with Gasteiger partial charge in [-0.15, -0.1) is 10.1 Å². The van der Waals surface area contributed by atoms with Gasteiger partial charge in [-0.2, -0.15) is 13.2 Å². The van der Waals surface area contributed by atoms with Crippen LogP contribution in [0.3, 0.4) is 0 Å². The summed E-state index contributed by atoms with van der Waals surface area (Å²) in [5, 5.41) is 43.2. The fraction of sp³-hybridized carbons (Fsp3) is 0.488. The number of rotatable bonds is 24. The number of carbonyl (C=O) groups excluding carboxylic acids is 3. The second kappa shape index (κ2) is 24.5. The molecule has 0 saturated heterocycles. The Balaban J connectivity index is 1.35. The molecular formula is C41H51F3N2O13. The molecule has 0 bridgehead atoms. The highest BCUT2D eigenvalue weighted by molar-refractivity contribution is 5.87. The molecule has 0 aliphatic heterocycles.